The highest BCUT2D eigenvalue weighted by Crippen LogP contribution is 2.19. The molecular weight excluding hydrogens is 465 g/mol. The molecule has 1 aromatic heterocycles. The SMILES string of the molecule is O=C(O)C(F)(F)F.O=C(c1ccc(F)c(F)c1)N1CCCn2c(CN3CCCCC3)nnc2C1. The maximum Gasteiger partial charge on any atom is 0.490 e. The first-order chi connectivity index (χ1) is 16.1. The smallest absolute Gasteiger partial charge is 0.475 e. The number of halogens is 5. The second kappa shape index (κ2) is 10.9. The number of carbonyl (C=O) groups is 2. The zero-order valence-corrected chi connectivity index (χ0v) is 18.2. The minimum Gasteiger partial charge on any atom is -0.475 e. The van der Waals surface area contributed by atoms with Crippen molar-refractivity contribution >= 4 is 11.9 Å². The van der Waals surface area contributed by atoms with Crippen molar-refractivity contribution in [2.75, 3.05) is 19.6 Å². The third-order valence-electron chi connectivity index (χ3n) is 5.56. The largest absolute Gasteiger partial charge is 0.490 e. The fourth-order valence-electron chi connectivity index (χ4n) is 3.84. The molecule has 0 radical (unpaired) electrons. The van der Waals surface area contributed by atoms with E-state index < -0.39 is 23.8 Å². The van der Waals surface area contributed by atoms with Crippen molar-refractivity contribution in [1.82, 2.24) is 24.6 Å². The number of rotatable bonds is 3. The molecule has 34 heavy (non-hydrogen) atoms. The number of aromatic nitrogens is 3. The lowest BCUT2D eigenvalue weighted by Gasteiger charge is -2.25. The summed E-state index contributed by atoms with van der Waals surface area (Å²) in [5.74, 6) is -3.35. The Kier molecular flexibility index (Phi) is 8.18. The van der Waals surface area contributed by atoms with Crippen LogP contribution in [0.1, 0.15) is 47.7 Å². The Labute approximate surface area is 192 Å². The summed E-state index contributed by atoms with van der Waals surface area (Å²) in [5, 5.41) is 15.8. The molecule has 0 unspecified atom stereocenters. The second-order valence-corrected chi connectivity index (χ2v) is 8.03. The summed E-state index contributed by atoms with van der Waals surface area (Å²) >= 11 is 0. The van der Waals surface area contributed by atoms with Crippen LogP contribution in [0, 0.1) is 11.6 Å². The Hall–Kier alpha value is -3.09. The van der Waals surface area contributed by atoms with Gasteiger partial charge in [0.25, 0.3) is 5.91 Å². The average molecular weight is 489 g/mol. The van der Waals surface area contributed by atoms with E-state index in [0.717, 1.165) is 56.4 Å². The third-order valence-corrected chi connectivity index (χ3v) is 5.56. The Morgan fingerprint density at radius 3 is 2.24 bits per heavy atom. The molecule has 2 aliphatic heterocycles. The van der Waals surface area contributed by atoms with Crippen molar-refractivity contribution in [2.24, 2.45) is 0 Å². The van der Waals surface area contributed by atoms with Gasteiger partial charge in [-0.25, -0.2) is 13.6 Å². The summed E-state index contributed by atoms with van der Waals surface area (Å²) < 4.78 is 60.5. The summed E-state index contributed by atoms with van der Waals surface area (Å²) in [6.45, 7) is 4.58. The summed E-state index contributed by atoms with van der Waals surface area (Å²) in [7, 11) is 0. The number of aliphatic carboxylic acids is 1. The van der Waals surface area contributed by atoms with Crippen LogP contribution < -0.4 is 0 Å². The number of carbonyl (C=O) groups excluding carboxylic acids is 1. The third kappa shape index (κ3) is 6.49. The van der Waals surface area contributed by atoms with Crippen molar-refractivity contribution in [1.29, 1.82) is 0 Å². The van der Waals surface area contributed by atoms with E-state index in [9.17, 15) is 26.7 Å². The zero-order chi connectivity index (χ0) is 24.9. The molecule has 4 rings (SSSR count). The highest BCUT2D eigenvalue weighted by Gasteiger charge is 2.38. The van der Waals surface area contributed by atoms with Crippen molar-refractivity contribution < 1.29 is 36.6 Å². The Bertz CT molecular complexity index is 1020. The van der Waals surface area contributed by atoms with Crippen LogP contribution in [0.15, 0.2) is 18.2 Å². The van der Waals surface area contributed by atoms with Gasteiger partial charge in [0.05, 0.1) is 13.1 Å². The van der Waals surface area contributed by atoms with Gasteiger partial charge in [-0.05, 0) is 50.6 Å². The number of amides is 1. The van der Waals surface area contributed by atoms with Gasteiger partial charge in [0.15, 0.2) is 17.5 Å². The van der Waals surface area contributed by atoms with Gasteiger partial charge in [-0.15, -0.1) is 10.2 Å². The first-order valence-electron chi connectivity index (χ1n) is 10.7. The maximum atomic E-state index is 13.5. The molecule has 1 aromatic carbocycles. The molecule has 186 valence electrons. The lowest BCUT2D eigenvalue weighted by Crippen LogP contribution is -2.31. The molecule has 1 N–H and O–H groups in total. The van der Waals surface area contributed by atoms with Gasteiger partial charge in [0.2, 0.25) is 0 Å². The van der Waals surface area contributed by atoms with Crippen LogP contribution in [0.4, 0.5) is 22.0 Å². The average Bonchev–Trinajstić information content (AvgIpc) is 3.02. The molecule has 3 heterocycles. The highest BCUT2D eigenvalue weighted by atomic mass is 19.4. The fraction of sp³-hybridized carbons (Fsp3) is 0.524. The number of nitrogens with zero attached hydrogens (tertiary/aromatic N) is 5. The van der Waals surface area contributed by atoms with E-state index >= 15 is 0 Å². The number of piperidine rings is 1. The molecule has 1 amide bonds. The van der Waals surface area contributed by atoms with E-state index in [2.05, 4.69) is 19.7 Å². The van der Waals surface area contributed by atoms with Crippen LogP contribution >= 0.6 is 0 Å². The molecular formula is C21H24F5N5O3. The summed E-state index contributed by atoms with van der Waals surface area (Å²) in [6.07, 6.45) is -0.585. The first kappa shape index (κ1) is 25.5. The number of hydrogen-bond acceptors (Lipinski definition) is 5. The van der Waals surface area contributed by atoms with Gasteiger partial charge in [0.1, 0.15) is 5.82 Å². The quantitative estimate of drug-likeness (QED) is 0.666. The predicted molar refractivity (Wildman–Crippen MR) is 109 cm³/mol. The number of alkyl halides is 3. The summed E-state index contributed by atoms with van der Waals surface area (Å²) in [6, 6.07) is 3.26. The number of carboxylic acid groups (broad SMARTS) is 1. The fourth-order valence-corrected chi connectivity index (χ4v) is 3.84. The normalized spacial score (nSPS) is 16.8. The van der Waals surface area contributed by atoms with Crippen LogP contribution in [0.25, 0.3) is 0 Å². The van der Waals surface area contributed by atoms with Crippen molar-refractivity contribution in [3.8, 4) is 0 Å². The van der Waals surface area contributed by atoms with E-state index in [-0.39, 0.29) is 11.5 Å². The van der Waals surface area contributed by atoms with E-state index in [4.69, 9.17) is 9.90 Å². The van der Waals surface area contributed by atoms with Gasteiger partial charge in [0, 0.05) is 18.7 Å². The lowest BCUT2D eigenvalue weighted by atomic mass is 10.1. The van der Waals surface area contributed by atoms with E-state index in [1.165, 1.54) is 25.3 Å². The van der Waals surface area contributed by atoms with Gasteiger partial charge < -0.3 is 14.6 Å². The summed E-state index contributed by atoms with van der Waals surface area (Å²) in [4.78, 5) is 25.6. The molecule has 0 saturated carbocycles. The molecule has 0 spiro atoms. The predicted octanol–water partition coefficient (Wildman–Crippen LogP) is 3.22. The summed E-state index contributed by atoms with van der Waals surface area (Å²) in [5.41, 5.74) is 0.149. The van der Waals surface area contributed by atoms with E-state index in [1.54, 1.807) is 4.90 Å². The molecule has 1 fully saturated rings. The van der Waals surface area contributed by atoms with Crippen molar-refractivity contribution in [2.45, 2.75) is 51.5 Å². The monoisotopic (exact) mass is 489 g/mol. The van der Waals surface area contributed by atoms with Crippen molar-refractivity contribution in [3.63, 3.8) is 0 Å². The van der Waals surface area contributed by atoms with Crippen LogP contribution in [0.3, 0.4) is 0 Å². The Balaban J connectivity index is 0.000000406. The van der Waals surface area contributed by atoms with E-state index in [0.29, 0.717) is 13.1 Å². The molecule has 1 saturated heterocycles. The zero-order valence-electron chi connectivity index (χ0n) is 18.2. The minimum absolute atomic E-state index is 0.149. The van der Waals surface area contributed by atoms with Crippen LogP contribution in [0.5, 0.6) is 0 Å². The lowest BCUT2D eigenvalue weighted by molar-refractivity contribution is -0.192. The number of hydrogen-bond donors (Lipinski definition) is 1. The van der Waals surface area contributed by atoms with Gasteiger partial charge in [-0.3, -0.25) is 9.69 Å². The topological polar surface area (TPSA) is 91.6 Å². The Morgan fingerprint density at radius 2 is 1.62 bits per heavy atom. The highest BCUT2D eigenvalue weighted by molar-refractivity contribution is 5.94. The molecule has 2 aliphatic rings. The van der Waals surface area contributed by atoms with E-state index in [1.807, 2.05) is 0 Å². The maximum absolute atomic E-state index is 13.5. The molecule has 2 aromatic rings. The molecule has 8 nitrogen and oxygen atoms in total. The number of likely N-dealkylation sites (tertiary alicyclic amines) is 1. The van der Waals surface area contributed by atoms with Gasteiger partial charge in [-0.2, -0.15) is 13.2 Å². The number of fused-ring (bicyclic) bond motifs is 1. The second-order valence-electron chi connectivity index (χ2n) is 8.03. The number of carboxylic acids is 1. The van der Waals surface area contributed by atoms with Crippen LogP contribution in [-0.2, 0) is 24.4 Å². The van der Waals surface area contributed by atoms with Gasteiger partial charge >= 0.3 is 12.1 Å². The standard InChI is InChI=1S/C19H23F2N5O.C2HF3O2/c20-15-6-5-14(11-16(15)21)19(27)25-9-4-10-26-17(22-23-18(26)13-25)12-24-7-2-1-3-8-24;3-2(4,5)1(6)7/h5-6,11H,1-4,7-10,12-13H2;(H,6,7). The first-order valence-corrected chi connectivity index (χ1v) is 10.7. The van der Waals surface area contributed by atoms with Crippen LogP contribution in [0.2, 0.25) is 0 Å². The molecule has 0 aliphatic carbocycles. The minimum atomic E-state index is -5.08. The molecule has 0 atom stereocenters. The van der Waals surface area contributed by atoms with Crippen molar-refractivity contribution in [3.05, 3.63) is 47.0 Å². The molecule has 0 bridgehead atoms. The molecule has 13 heteroatoms. The number of benzene rings is 1. The van der Waals surface area contributed by atoms with Crippen LogP contribution in [-0.4, -0.2) is 67.4 Å². The van der Waals surface area contributed by atoms with Gasteiger partial charge in [-0.1, -0.05) is 6.42 Å². The Morgan fingerprint density at radius 1 is 0.941 bits per heavy atom.